The van der Waals surface area contributed by atoms with Crippen molar-refractivity contribution in [1.29, 1.82) is 0 Å². The van der Waals surface area contributed by atoms with Crippen LogP contribution >= 0.6 is 27.3 Å². The number of anilines is 1. The SMILES string of the molecule is Brc1cnc2sc3c(N4CCCC4)ncnc3c2c1. The zero-order chi connectivity index (χ0) is 12.8. The monoisotopic (exact) mass is 334 g/mol. The van der Waals surface area contributed by atoms with E-state index in [1.165, 1.54) is 12.8 Å². The Kier molecular flexibility index (Phi) is 2.66. The van der Waals surface area contributed by atoms with Crippen LogP contribution in [0.3, 0.4) is 0 Å². The lowest BCUT2D eigenvalue weighted by Crippen LogP contribution is -2.18. The van der Waals surface area contributed by atoms with Crippen LogP contribution in [0.2, 0.25) is 0 Å². The Bertz CT molecular complexity index is 764. The second-order valence-electron chi connectivity index (χ2n) is 4.68. The van der Waals surface area contributed by atoms with Crippen molar-refractivity contribution < 1.29 is 0 Å². The van der Waals surface area contributed by atoms with Gasteiger partial charge in [-0.3, -0.25) is 0 Å². The first-order valence-electron chi connectivity index (χ1n) is 6.26. The molecule has 0 radical (unpaired) electrons. The van der Waals surface area contributed by atoms with Crippen LogP contribution in [0.1, 0.15) is 12.8 Å². The van der Waals surface area contributed by atoms with E-state index in [9.17, 15) is 0 Å². The Morgan fingerprint density at radius 3 is 2.84 bits per heavy atom. The first-order valence-corrected chi connectivity index (χ1v) is 7.87. The molecule has 0 N–H and O–H groups in total. The molecule has 4 rings (SSSR count). The van der Waals surface area contributed by atoms with Crippen molar-refractivity contribution in [2.45, 2.75) is 12.8 Å². The number of pyridine rings is 1. The molecule has 0 amide bonds. The third kappa shape index (κ3) is 1.81. The number of nitrogens with zero attached hydrogens (tertiary/aromatic N) is 4. The Hall–Kier alpha value is -1.27. The lowest BCUT2D eigenvalue weighted by atomic mass is 10.3. The molecule has 1 aliphatic heterocycles. The molecular weight excluding hydrogens is 324 g/mol. The highest BCUT2D eigenvalue weighted by Crippen LogP contribution is 2.37. The minimum atomic E-state index is 0.987. The molecular formula is C13H11BrN4S. The zero-order valence-electron chi connectivity index (χ0n) is 10.1. The fraction of sp³-hybridized carbons (Fsp3) is 0.308. The van der Waals surface area contributed by atoms with Crippen LogP contribution in [0.4, 0.5) is 5.82 Å². The van der Waals surface area contributed by atoms with Gasteiger partial charge in [0, 0.05) is 29.1 Å². The van der Waals surface area contributed by atoms with Crippen LogP contribution < -0.4 is 4.90 Å². The summed E-state index contributed by atoms with van der Waals surface area (Å²) in [6.45, 7) is 2.19. The van der Waals surface area contributed by atoms with E-state index in [1.54, 1.807) is 17.7 Å². The highest BCUT2D eigenvalue weighted by Gasteiger charge is 2.19. The van der Waals surface area contributed by atoms with Crippen molar-refractivity contribution in [3.05, 3.63) is 23.1 Å². The minimum Gasteiger partial charge on any atom is -0.355 e. The summed E-state index contributed by atoms with van der Waals surface area (Å²) in [7, 11) is 0. The van der Waals surface area contributed by atoms with Gasteiger partial charge in [0.2, 0.25) is 0 Å². The smallest absolute Gasteiger partial charge is 0.150 e. The van der Waals surface area contributed by atoms with E-state index in [0.29, 0.717) is 0 Å². The van der Waals surface area contributed by atoms with E-state index < -0.39 is 0 Å². The molecule has 1 aliphatic rings. The van der Waals surface area contributed by atoms with Gasteiger partial charge in [-0.1, -0.05) is 0 Å². The first-order chi connectivity index (χ1) is 9.33. The fourth-order valence-electron chi connectivity index (χ4n) is 2.58. The van der Waals surface area contributed by atoms with E-state index >= 15 is 0 Å². The average Bonchev–Trinajstić information content (AvgIpc) is 3.05. The highest BCUT2D eigenvalue weighted by molar-refractivity contribution is 9.10. The maximum Gasteiger partial charge on any atom is 0.150 e. The predicted molar refractivity (Wildman–Crippen MR) is 81.9 cm³/mol. The molecule has 1 saturated heterocycles. The summed E-state index contributed by atoms with van der Waals surface area (Å²) in [6, 6.07) is 2.09. The van der Waals surface area contributed by atoms with Gasteiger partial charge in [0.25, 0.3) is 0 Å². The van der Waals surface area contributed by atoms with Crippen LogP contribution in [0.5, 0.6) is 0 Å². The molecule has 6 heteroatoms. The molecule has 4 heterocycles. The van der Waals surface area contributed by atoms with Gasteiger partial charge in [-0.25, -0.2) is 15.0 Å². The van der Waals surface area contributed by atoms with Crippen molar-refractivity contribution in [3.8, 4) is 0 Å². The average molecular weight is 335 g/mol. The Morgan fingerprint density at radius 2 is 2.00 bits per heavy atom. The third-order valence-electron chi connectivity index (χ3n) is 3.46. The first kappa shape index (κ1) is 11.5. The third-order valence-corrected chi connectivity index (χ3v) is 4.99. The number of rotatable bonds is 1. The number of fused-ring (bicyclic) bond motifs is 3. The molecule has 0 aromatic carbocycles. The summed E-state index contributed by atoms with van der Waals surface area (Å²) in [6.07, 6.45) is 6.00. The molecule has 3 aromatic heterocycles. The van der Waals surface area contributed by atoms with Crippen LogP contribution in [0.25, 0.3) is 20.4 Å². The summed E-state index contributed by atoms with van der Waals surface area (Å²) < 4.78 is 2.14. The minimum absolute atomic E-state index is 0.987. The molecule has 4 nitrogen and oxygen atoms in total. The van der Waals surface area contributed by atoms with Crippen molar-refractivity contribution >= 4 is 53.5 Å². The standard InChI is InChI=1S/C13H11BrN4S/c14-8-5-9-10-11(19-13(9)15-6-8)12(17-7-16-10)18-3-1-2-4-18/h5-7H,1-4H2. The van der Waals surface area contributed by atoms with E-state index in [4.69, 9.17) is 0 Å². The van der Waals surface area contributed by atoms with Gasteiger partial charge in [-0.05, 0) is 34.8 Å². The number of thiophene rings is 1. The molecule has 1 fully saturated rings. The Labute approximate surface area is 122 Å². The molecule has 96 valence electrons. The van der Waals surface area contributed by atoms with Crippen LogP contribution in [0, 0.1) is 0 Å². The zero-order valence-corrected chi connectivity index (χ0v) is 12.5. The number of aromatic nitrogens is 3. The molecule has 0 unspecified atom stereocenters. The lowest BCUT2D eigenvalue weighted by molar-refractivity contribution is 0.941. The van der Waals surface area contributed by atoms with Gasteiger partial charge in [-0.2, -0.15) is 0 Å². The molecule has 0 atom stereocenters. The molecule has 3 aromatic rings. The second-order valence-corrected chi connectivity index (χ2v) is 6.59. The molecule has 0 bridgehead atoms. The van der Waals surface area contributed by atoms with Crippen molar-refractivity contribution in [2.24, 2.45) is 0 Å². The quantitative estimate of drug-likeness (QED) is 0.681. The largest absolute Gasteiger partial charge is 0.355 e. The topological polar surface area (TPSA) is 41.9 Å². The van der Waals surface area contributed by atoms with Gasteiger partial charge in [0.05, 0.1) is 10.2 Å². The molecule has 19 heavy (non-hydrogen) atoms. The van der Waals surface area contributed by atoms with Gasteiger partial charge in [-0.15, -0.1) is 11.3 Å². The van der Waals surface area contributed by atoms with E-state index in [1.807, 2.05) is 6.20 Å². The van der Waals surface area contributed by atoms with E-state index in [0.717, 1.165) is 43.8 Å². The summed E-state index contributed by atoms with van der Waals surface area (Å²) in [5, 5.41) is 1.11. The summed E-state index contributed by atoms with van der Waals surface area (Å²) in [5.41, 5.74) is 1.02. The summed E-state index contributed by atoms with van der Waals surface area (Å²) >= 11 is 5.16. The second kappa shape index (κ2) is 4.38. The van der Waals surface area contributed by atoms with E-state index in [-0.39, 0.29) is 0 Å². The van der Waals surface area contributed by atoms with Gasteiger partial charge < -0.3 is 4.90 Å². The Balaban J connectivity index is 2.02. The summed E-state index contributed by atoms with van der Waals surface area (Å²) in [4.78, 5) is 16.8. The fourth-order valence-corrected chi connectivity index (χ4v) is 4.01. The van der Waals surface area contributed by atoms with Gasteiger partial charge >= 0.3 is 0 Å². The number of halogens is 1. The van der Waals surface area contributed by atoms with Crippen molar-refractivity contribution in [2.75, 3.05) is 18.0 Å². The van der Waals surface area contributed by atoms with Crippen LogP contribution in [-0.4, -0.2) is 28.0 Å². The maximum atomic E-state index is 4.49. The predicted octanol–water partition coefficient (Wildman–Crippen LogP) is 3.60. The summed E-state index contributed by atoms with van der Waals surface area (Å²) in [5.74, 6) is 1.07. The molecule has 0 aliphatic carbocycles. The highest BCUT2D eigenvalue weighted by atomic mass is 79.9. The maximum absolute atomic E-state index is 4.49. The lowest BCUT2D eigenvalue weighted by Gasteiger charge is -2.16. The van der Waals surface area contributed by atoms with Crippen LogP contribution in [0.15, 0.2) is 23.1 Å². The van der Waals surface area contributed by atoms with Crippen LogP contribution in [-0.2, 0) is 0 Å². The van der Waals surface area contributed by atoms with Crippen molar-refractivity contribution in [1.82, 2.24) is 15.0 Å². The molecule has 0 saturated carbocycles. The van der Waals surface area contributed by atoms with Gasteiger partial charge in [0.15, 0.2) is 0 Å². The normalized spacial score (nSPS) is 15.7. The van der Waals surface area contributed by atoms with Gasteiger partial charge in [0.1, 0.15) is 17.0 Å². The molecule has 0 spiro atoms. The van der Waals surface area contributed by atoms with Crippen molar-refractivity contribution in [3.63, 3.8) is 0 Å². The van der Waals surface area contributed by atoms with E-state index in [2.05, 4.69) is 41.8 Å². The number of hydrogen-bond donors (Lipinski definition) is 0. The number of hydrogen-bond acceptors (Lipinski definition) is 5. The Morgan fingerprint density at radius 1 is 1.16 bits per heavy atom.